The van der Waals surface area contributed by atoms with Crippen LogP contribution in [0.5, 0.6) is 0 Å². The first kappa shape index (κ1) is 26.8. The van der Waals surface area contributed by atoms with E-state index in [1.165, 1.54) is 23.3 Å². The fourth-order valence-corrected chi connectivity index (χ4v) is 3.69. The van der Waals surface area contributed by atoms with Crippen molar-refractivity contribution in [1.29, 1.82) is 0 Å². The van der Waals surface area contributed by atoms with Gasteiger partial charge in [0.2, 0.25) is 5.91 Å². The van der Waals surface area contributed by atoms with Gasteiger partial charge in [-0.1, -0.05) is 50.2 Å². The molecule has 3 rings (SSSR count). The van der Waals surface area contributed by atoms with E-state index in [4.69, 9.17) is 4.42 Å². The highest BCUT2D eigenvalue weighted by molar-refractivity contribution is 5.92. The number of amides is 3. The summed E-state index contributed by atoms with van der Waals surface area (Å²) >= 11 is 0. The summed E-state index contributed by atoms with van der Waals surface area (Å²) in [6.45, 7) is 4.47. The first-order valence-electron chi connectivity index (χ1n) is 11.7. The van der Waals surface area contributed by atoms with Crippen molar-refractivity contribution in [3.8, 4) is 0 Å². The zero-order chi connectivity index (χ0) is 26.1. The van der Waals surface area contributed by atoms with E-state index < -0.39 is 17.8 Å². The molecule has 6 nitrogen and oxygen atoms in total. The zero-order valence-corrected chi connectivity index (χ0v) is 20.3. The first-order valence-corrected chi connectivity index (χ1v) is 11.7. The predicted molar refractivity (Wildman–Crippen MR) is 131 cm³/mol. The van der Waals surface area contributed by atoms with E-state index in [-0.39, 0.29) is 37.1 Å². The van der Waals surface area contributed by atoms with Crippen LogP contribution in [0.2, 0.25) is 0 Å². The van der Waals surface area contributed by atoms with Gasteiger partial charge in [0.1, 0.15) is 12.3 Å². The second kappa shape index (κ2) is 12.3. The van der Waals surface area contributed by atoms with Gasteiger partial charge >= 0.3 is 12.2 Å². The normalized spacial score (nSPS) is 11.4. The number of halogens is 3. The maximum Gasteiger partial charge on any atom is 0.416 e. The van der Waals surface area contributed by atoms with Gasteiger partial charge in [-0.05, 0) is 48.2 Å². The topological polar surface area (TPSA) is 65.8 Å². The van der Waals surface area contributed by atoms with Crippen LogP contribution in [0, 0.1) is 5.92 Å². The van der Waals surface area contributed by atoms with Crippen LogP contribution in [0.1, 0.15) is 30.7 Å². The Hall–Kier alpha value is -3.75. The number of furan rings is 1. The number of hydrogen-bond acceptors (Lipinski definition) is 3. The summed E-state index contributed by atoms with van der Waals surface area (Å²) in [5.74, 6) is 0.357. The third-order valence-corrected chi connectivity index (χ3v) is 5.43. The Balaban J connectivity index is 1.73. The molecule has 0 bridgehead atoms. The Bertz CT molecular complexity index is 1120. The zero-order valence-electron chi connectivity index (χ0n) is 20.3. The van der Waals surface area contributed by atoms with E-state index in [1.807, 2.05) is 44.2 Å². The summed E-state index contributed by atoms with van der Waals surface area (Å²) in [6.07, 6.45) is -2.38. The highest BCUT2D eigenvalue weighted by Crippen LogP contribution is 2.30. The molecule has 36 heavy (non-hydrogen) atoms. The number of alkyl halides is 3. The molecule has 0 fully saturated rings. The molecular formula is C27H30F3N3O3. The van der Waals surface area contributed by atoms with Crippen LogP contribution in [-0.4, -0.2) is 41.4 Å². The molecule has 3 amide bonds. The number of anilines is 1. The molecule has 0 aliphatic carbocycles. The minimum absolute atomic E-state index is 0.00699. The van der Waals surface area contributed by atoms with Crippen LogP contribution in [0.4, 0.5) is 23.7 Å². The monoisotopic (exact) mass is 501 g/mol. The average molecular weight is 502 g/mol. The quantitative estimate of drug-likeness (QED) is 0.367. The van der Waals surface area contributed by atoms with Crippen molar-refractivity contribution in [2.75, 3.05) is 25.0 Å². The van der Waals surface area contributed by atoms with Crippen LogP contribution >= 0.6 is 0 Å². The average Bonchev–Trinajstić information content (AvgIpc) is 3.34. The van der Waals surface area contributed by atoms with Crippen LogP contribution < -0.4 is 5.32 Å². The van der Waals surface area contributed by atoms with Gasteiger partial charge in [0.15, 0.2) is 0 Å². The smallest absolute Gasteiger partial charge is 0.416 e. The minimum Gasteiger partial charge on any atom is -0.467 e. The SMILES string of the molecule is CC(C)CN(CC(=O)N(CCc1ccccc1)Cc1ccco1)C(=O)Nc1cccc(C(F)(F)F)c1. The number of nitrogens with zero attached hydrogens (tertiary/aromatic N) is 2. The molecule has 0 saturated heterocycles. The molecule has 0 radical (unpaired) electrons. The Kier molecular flexibility index (Phi) is 9.16. The molecule has 3 aromatic rings. The van der Waals surface area contributed by atoms with E-state index in [9.17, 15) is 22.8 Å². The molecule has 2 aromatic carbocycles. The van der Waals surface area contributed by atoms with Crippen molar-refractivity contribution in [3.05, 3.63) is 89.9 Å². The number of rotatable bonds is 10. The molecule has 0 atom stereocenters. The molecule has 1 heterocycles. The van der Waals surface area contributed by atoms with Gasteiger partial charge in [-0.15, -0.1) is 0 Å². The van der Waals surface area contributed by atoms with Crippen molar-refractivity contribution in [1.82, 2.24) is 9.80 Å². The van der Waals surface area contributed by atoms with Crippen LogP contribution in [0.25, 0.3) is 0 Å². The van der Waals surface area contributed by atoms with Gasteiger partial charge in [-0.25, -0.2) is 4.79 Å². The van der Waals surface area contributed by atoms with E-state index in [1.54, 1.807) is 17.0 Å². The molecule has 9 heteroatoms. The van der Waals surface area contributed by atoms with Crippen LogP contribution in [0.15, 0.2) is 77.4 Å². The predicted octanol–water partition coefficient (Wildman–Crippen LogP) is 6.06. The number of carbonyl (C=O) groups is 2. The number of urea groups is 1. The molecule has 0 aliphatic heterocycles. The summed E-state index contributed by atoms with van der Waals surface area (Å²) in [5, 5.41) is 2.51. The van der Waals surface area contributed by atoms with Gasteiger partial charge in [0.25, 0.3) is 0 Å². The lowest BCUT2D eigenvalue weighted by molar-refractivity contribution is -0.137. The summed E-state index contributed by atoms with van der Waals surface area (Å²) in [6, 6.07) is 17.0. The van der Waals surface area contributed by atoms with E-state index in [0.29, 0.717) is 18.7 Å². The molecule has 0 aliphatic rings. The maximum atomic E-state index is 13.3. The molecule has 0 spiro atoms. The lowest BCUT2D eigenvalue weighted by Gasteiger charge is -2.28. The van der Waals surface area contributed by atoms with Crippen molar-refractivity contribution < 1.29 is 27.2 Å². The van der Waals surface area contributed by atoms with Crippen molar-refractivity contribution >= 4 is 17.6 Å². The maximum absolute atomic E-state index is 13.3. The third kappa shape index (κ3) is 8.18. The largest absolute Gasteiger partial charge is 0.467 e. The summed E-state index contributed by atoms with van der Waals surface area (Å²) < 4.78 is 44.6. The van der Waals surface area contributed by atoms with Gasteiger partial charge in [-0.3, -0.25) is 4.79 Å². The Morgan fingerprint density at radius 2 is 1.72 bits per heavy atom. The second-order valence-corrected chi connectivity index (χ2v) is 8.91. The summed E-state index contributed by atoms with van der Waals surface area (Å²) in [7, 11) is 0. The summed E-state index contributed by atoms with van der Waals surface area (Å²) in [4.78, 5) is 29.3. The standard InChI is InChI=1S/C27H30F3N3O3/c1-20(2)17-33(26(35)31-23-11-6-10-22(16-23)27(28,29)30)19-25(34)32(18-24-12-7-15-36-24)14-13-21-8-4-3-5-9-21/h3-12,15-16,20H,13-14,17-19H2,1-2H3,(H,31,35). The lowest BCUT2D eigenvalue weighted by atomic mass is 10.1. The molecule has 192 valence electrons. The Morgan fingerprint density at radius 3 is 2.36 bits per heavy atom. The van der Waals surface area contributed by atoms with Gasteiger partial charge in [0.05, 0.1) is 18.4 Å². The molecule has 1 aromatic heterocycles. The molecule has 1 N–H and O–H groups in total. The van der Waals surface area contributed by atoms with E-state index >= 15 is 0 Å². The van der Waals surface area contributed by atoms with Crippen molar-refractivity contribution in [2.24, 2.45) is 5.92 Å². The van der Waals surface area contributed by atoms with Gasteiger partial charge in [-0.2, -0.15) is 13.2 Å². The Labute approximate surface area is 208 Å². The van der Waals surface area contributed by atoms with Gasteiger partial charge in [0, 0.05) is 18.8 Å². The fraction of sp³-hybridized carbons (Fsp3) is 0.333. The van der Waals surface area contributed by atoms with Crippen LogP contribution in [-0.2, 0) is 23.9 Å². The fourth-order valence-electron chi connectivity index (χ4n) is 3.69. The van der Waals surface area contributed by atoms with Crippen molar-refractivity contribution in [2.45, 2.75) is 33.0 Å². The second-order valence-electron chi connectivity index (χ2n) is 8.91. The lowest BCUT2D eigenvalue weighted by Crippen LogP contribution is -2.46. The van der Waals surface area contributed by atoms with E-state index in [2.05, 4.69) is 5.32 Å². The first-order chi connectivity index (χ1) is 17.1. The summed E-state index contributed by atoms with van der Waals surface area (Å²) in [5.41, 5.74) is 0.209. The number of benzene rings is 2. The van der Waals surface area contributed by atoms with Gasteiger partial charge < -0.3 is 19.5 Å². The minimum atomic E-state index is -4.53. The van der Waals surface area contributed by atoms with E-state index in [0.717, 1.165) is 17.7 Å². The van der Waals surface area contributed by atoms with Crippen molar-refractivity contribution in [3.63, 3.8) is 0 Å². The highest BCUT2D eigenvalue weighted by atomic mass is 19.4. The number of hydrogen-bond donors (Lipinski definition) is 1. The third-order valence-electron chi connectivity index (χ3n) is 5.43. The molecule has 0 saturated carbocycles. The van der Waals surface area contributed by atoms with Crippen LogP contribution in [0.3, 0.4) is 0 Å². The number of carbonyl (C=O) groups excluding carboxylic acids is 2. The Morgan fingerprint density at radius 1 is 0.972 bits per heavy atom. The number of nitrogens with one attached hydrogen (secondary N) is 1. The molecular weight excluding hydrogens is 471 g/mol. The molecule has 0 unspecified atom stereocenters. The highest BCUT2D eigenvalue weighted by Gasteiger charge is 2.31.